The van der Waals surface area contributed by atoms with Gasteiger partial charge in [0.15, 0.2) is 0 Å². The van der Waals surface area contributed by atoms with Crippen molar-refractivity contribution in [2.45, 2.75) is 0 Å². The van der Waals surface area contributed by atoms with E-state index in [1.165, 1.54) is 0 Å². The largest absolute Gasteiger partial charge is 0.383 e. The molecular formula is C15H19N3O4. The fourth-order valence-corrected chi connectivity index (χ4v) is 2.17. The van der Waals surface area contributed by atoms with Gasteiger partial charge in [-0.2, -0.15) is 0 Å². The summed E-state index contributed by atoms with van der Waals surface area (Å²) in [7, 11) is 1.62. The molecule has 1 aromatic rings. The van der Waals surface area contributed by atoms with Crippen molar-refractivity contribution >= 4 is 17.7 Å². The molecule has 1 heterocycles. The van der Waals surface area contributed by atoms with Gasteiger partial charge in [0.2, 0.25) is 5.91 Å². The maximum Gasteiger partial charge on any atom is 0.262 e. The second kappa shape index (κ2) is 7.67. The molecule has 0 aliphatic carbocycles. The monoisotopic (exact) mass is 305 g/mol. The van der Waals surface area contributed by atoms with Crippen molar-refractivity contribution in [3.63, 3.8) is 0 Å². The van der Waals surface area contributed by atoms with Gasteiger partial charge in [0.05, 0.1) is 17.7 Å². The standard InChI is InChI=1S/C15H19N3O4/c1-22-9-8-16-6-7-17-13(19)10-18-14(20)11-4-2-3-5-12(11)15(18)21/h2-5,16H,6-10H2,1H3,(H,17,19). The third-order valence-corrected chi connectivity index (χ3v) is 3.29. The smallest absolute Gasteiger partial charge is 0.262 e. The lowest BCUT2D eigenvalue weighted by molar-refractivity contribution is -0.121. The summed E-state index contributed by atoms with van der Waals surface area (Å²) in [4.78, 5) is 37.0. The number of carbonyl (C=O) groups excluding carboxylic acids is 3. The molecule has 3 amide bonds. The van der Waals surface area contributed by atoms with E-state index in [1.807, 2.05) is 0 Å². The normalized spacial score (nSPS) is 13.4. The lowest BCUT2D eigenvalue weighted by atomic mass is 10.1. The van der Waals surface area contributed by atoms with Crippen molar-refractivity contribution in [2.24, 2.45) is 0 Å². The first-order valence-corrected chi connectivity index (χ1v) is 7.06. The third-order valence-electron chi connectivity index (χ3n) is 3.29. The van der Waals surface area contributed by atoms with Crippen LogP contribution >= 0.6 is 0 Å². The Bertz CT molecular complexity index is 539. The number of hydrogen-bond acceptors (Lipinski definition) is 5. The lowest BCUT2D eigenvalue weighted by Gasteiger charge is -2.13. The average Bonchev–Trinajstić information content (AvgIpc) is 2.76. The molecule has 118 valence electrons. The molecule has 0 spiro atoms. The molecular weight excluding hydrogens is 286 g/mol. The highest BCUT2D eigenvalue weighted by Gasteiger charge is 2.36. The van der Waals surface area contributed by atoms with Gasteiger partial charge in [-0.25, -0.2) is 0 Å². The molecule has 1 aliphatic heterocycles. The number of ether oxygens (including phenoxy) is 1. The number of nitrogens with zero attached hydrogens (tertiary/aromatic N) is 1. The summed E-state index contributed by atoms with van der Waals surface area (Å²) in [6.45, 7) is 2.06. The van der Waals surface area contributed by atoms with Crippen LogP contribution in [0.1, 0.15) is 20.7 Å². The van der Waals surface area contributed by atoms with Gasteiger partial charge < -0.3 is 15.4 Å². The van der Waals surface area contributed by atoms with Crippen molar-refractivity contribution in [1.82, 2.24) is 15.5 Å². The van der Waals surface area contributed by atoms with Crippen molar-refractivity contribution in [3.8, 4) is 0 Å². The van der Waals surface area contributed by atoms with Gasteiger partial charge in [-0.05, 0) is 12.1 Å². The average molecular weight is 305 g/mol. The molecule has 0 bridgehead atoms. The van der Waals surface area contributed by atoms with E-state index in [-0.39, 0.29) is 12.5 Å². The van der Waals surface area contributed by atoms with Crippen LogP contribution in [-0.4, -0.2) is 62.5 Å². The van der Waals surface area contributed by atoms with E-state index in [4.69, 9.17) is 4.74 Å². The van der Waals surface area contributed by atoms with E-state index in [0.717, 1.165) is 4.90 Å². The minimum atomic E-state index is -0.422. The van der Waals surface area contributed by atoms with Crippen molar-refractivity contribution in [3.05, 3.63) is 35.4 Å². The van der Waals surface area contributed by atoms with Crippen LogP contribution in [0.5, 0.6) is 0 Å². The minimum Gasteiger partial charge on any atom is -0.383 e. The second-order valence-electron chi connectivity index (χ2n) is 4.83. The Morgan fingerprint density at radius 3 is 2.32 bits per heavy atom. The second-order valence-corrected chi connectivity index (χ2v) is 4.83. The Morgan fingerprint density at radius 2 is 1.73 bits per heavy atom. The van der Waals surface area contributed by atoms with Gasteiger partial charge in [-0.1, -0.05) is 12.1 Å². The number of amides is 3. The summed E-state index contributed by atoms with van der Waals surface area (Å²) in [5.41, 5.74) is 0.697. The number of rotatable bonds is 8. The Kier molecular flexibility index (Phi) is 5.62. The maximum atomic E-state index is 12.1. The first-order valence-electron chi connectivity index (χ1n) is 7.06. The van der Waals surface area contributed by atoms with Crippen LogP contribution in [0.25, 0.3) is 0 Å². The van der Waals surface area contributed by atoms with Gasteiger partial charge >= 0.3 is 0 Å². The van der Waals surface area contributed by atoms with Crippen molar-refractivity contribution < 1.29 is 19.1 Å². The van der Waals surface area contributed by atoms with Gasteiger partial charge in [0.1, 0.15) is 6.54 Å². The highest BCUT2D eigenvalue weighted by molar-refractivity contribution is 6.22. The fraction of sp³-hybridized carbons (Fsp3) is 0.400. The number of benzene rings is 1. The van der Waals surface area contributed by atoms with Crippen LogP contribution in [0.2, 0.25) is 0 Å². The van der Waals surface area contributed by atoms with Gasteiger partial charge in [0.25, 0.3) is 11.8 Å². The summed E-state index contributed by atoms with van der Waals surface area (Å²) >= 11 is 0. The highest BCUT2D eigenvalue weighted by atomic mass is 16.5. The molecule has 22 heavy (non-hydrogen) atoms. The molecule has 7 heteroatoms. The molecule has 0 radical (unpaired) electrons. The van der Waals surface area contributed by atoms with E-state index >= 15 is 0 Å². The predicted molar refractivity (Wildman–Crippen MR) is 79.6 cm³/mol. The molecule has 0 unspecified atom stereocenters. The van der Waals surface area contributed by atoms with Gasteiger partial charge in [0, 0.05) is 26.7 Å². The predicted octanol–water partition coefficient (Wildman–Crippen LogP) is -0.365. The summed E-state index contributed by atoms with van der Waals surface area (Å²) < 4.78 is 4.88. The molecule has 0 saturated carbocycles. The van der Waals surface area contributed by atoms with Crippen LogP contribution in [-0.2, 0) is 9.53 Å². The van der Waals surface area contributed by atoms with E-state index in [1.54, 1.807) is 31.4 Å². The molecule has 7 nitrogen and oxygen atoms in total. The molecule has 0 saturated heterocycles. The van der Waals surface area contributed by atoms with Crippen LogP contribution < -0.4 is 10.6 Å². The Labute approximate surface area is 128 Å². The zero-order valence-corrected chi connectivity index (χ0v) is 12.4. The van der Waals surface area contributed by atoms with Crippen molar-refractivity contribution in [1.29, 1.82) is 0 Å². The number of carbonyl (C=O) groups is 3. The molecule has 0 fully saturated rings. The number of nitrogens with one attached hydrogen (secondary N) is 2. The van der Waals surface area contributed by atoms with Crippen LogP contribution in [0.15, 0.2) is 24.3 Å². The fourth-order valence-electron chi connectivity index (χ4n) is 2.17. The number of hydrogen-bond donors (Lipinski definition) is 2. The topological polar surface area (TPSA) is 87.7 Å². The molecule has 2 N–H and O–H groups in total. The van der Waals surface area contributed by atoms with E-state index in [2.05, 4.69) is 10.6 Å². The number of imide groups is 1. The Hall–Kier alpha value is -2.25. The molecule has 1 aliphatic rings. The summed E-state index contributed by atoms with van der Waals surface area (Å²) in [6, 6.07) is 6.57. The van der Waals surface area contributed by atoms with Crippen LogP contribution in [0.4, 0.5) is 0 Å². The summed E-state index contributed by atoms with van der Waals surface area (Å²) in [6.07, 6.45) is 0. The minimum absolute atomic E-state index is 0.260. The van der Waals surface area contributed by atoms with E-state index in [9.17, 15) is 14.4 Å². The van der Waals surface area contributed by atoms with Gasteiger partial charge in [-0.15, -0.1) is 0 Å². The SMILES string of the molecule is COCCNCCNC(=O)CN1C(=O)c2ccccc2C1=O. The summed E-state index contributed by atoms with van der Waals surface area (Å²) in [5, 5.41) is 5.75. The molecule has 0 atom stereocenters. The first kappa shape index (κ1) is 16.1. The first-order chi connectivity index (χ1) is 10.6. The van der Waals surface area contributed by atoms with Crippen LogP contribution in [0, 0.1) is 0 Å². The maximum absolute atomic E-state index is 12.1. The Morgan fingerprint density at radius 1 is 1.09 bits per heavy atom. The zero-order valence-electron chi connectivity index (χ0n) is 12.4. The highest BCUT2D eigenvalue weighted by Crippen LogP contribution is 2.21. The van der Waals surface area contributed by atoms with Crippen molar-refractivity contribution in [2.75, 3.05) is 39.9 Å². The molecule has 2 rings (SSSR count). The quantitative estimate of drug-likeness (QED) is 0.506. The van der Waals surface area contributed by atoms with E-state index in [0.29, 0.717) is 37.4 Å². The molecule has 0 aromatic heterocycles. The molecule has 1 aromatic carbocycles. The number of methoxy groups -OCH3 is 1. The Balaban J connectivity index is 1.79. The zero-order chi connectivity index (χ0) is 15.9. The number of fused-ring (bicyclic) bond motifs is 1. The van der Waals surface area contributed by atoms with Crippen LogP contribution in [0.3, 0.4) is 0 Å². The van der Waals surface area contributed by atoms with E-state index < -0.39 is 11.8 Å². The van der Waals surface area contributed by atoms with Gasteiger partial charge in [-0.3, -0.25) is 19.3 Å². The lowest BCUT2D eigenvalue weighted by Crippen LogP contribution is -2.42. The summed E-state index contributed by atoms with van der Waals surface area (Å²) in [5.74, 6) is -1.20. The third kappa shape index (κ3) is 3.69.